The minimum absolute atomic E-state index is 0.0992. The first-order valence-corrected chi connectivity index (χ1v) is 6.71. The van der Waals surface area contributed by atoms with Crippen molar-refractivity contribution in [3.8, 4) is 6.07 Å². The summed E-state index contributed by atoms with van der Waals surface area (Å²) in [5.41, 5.74) is -0.604. The molecule has 2 saturated carbocycles. The molecule has 3 heteroatoms. The molecule has 0 radical (unpaired) electrons. The maximum Gasteiger partial charge on any atom is 0.133 e. The normalized spacial score (nSPS) is 31.8. The van der Waals surface area contributed by atoms with E-state index in [0.29, 0.717) is 25.7 Å². The van der Waals surface area contributed by atoms with Crippen molar-refractivity contribution in [2.75, 3.05) is 0 Å². The van der Waals surface area contributed by atoms with E-state index in [0.717, 1.165) is 12.8 Å². The van der Waals surface area contributed by atoms with Crippen LogP contribution >= 0.6 is 0 Å². The first kappa shape index (κ1) is 13.0. The highest BCUT2D eigenvalue weighted by molar-refractivity contribution is 5.82. The largest absolute Gasteiger partial charge is 0.300 e. The van der Waals surface area contributed by atoms with Crippen molar-refractivity contribution in [1.82, 2.24) is 0 Å². The van der Waals surface area contributed by atoms with Crippen LogP contribution in [0.5, 0.6) is 0 Å². The summed E-state index contributed by atoms with van der Waals surface area (Å²) in [5, 5.41) is 9.68. The number of carbonyl (C=O) groups is 2. The number of Topliss-reactive ketones (excluding diaryl/α,β-unsaturated/α-hetero) is 2. The van der Waals surface area contributed by atoms with Crippen LogP contribution in [0.15, 0.2) is 12.2 Å². The Kier molecular flexibility index (Phi) is 3.65. The zero-order valence-corrected chi connectivity index (χ0v) is 10.8. The smallest absolute Gasteiger partial charge is 0.133 e. The van der Waals surface area contributed by atoms with Crippen LogP contribution < -0.4 is 0 Å². The van der Waals surface area contributed by atoms with Gasteiger partial charge in [0.05, 0.1) is 11.5 Å². The highest BCUT2D eigenvalue weighted by Crippen LogP contribution is 2.49. The third-order valence-corrected chi connectivity index (χ3v) is 4.48. The first-order valence-electron chi connectivity index (χ1n) is 6.71. The van der Waals surface area contributed by atoms with Crippen molar-refractivity contribution in [3.63, 3.8) is 0 Å². The van der Waals surface area contributed by atoms with Crippen molar-refractivity contribution in [2.45, 2.75) is 45.4 Å². The number of hydrogen-bond acceptors (Lipinski definition) is 3. The highest BCUT2D eigenvalue weighted by atomic mass is 16.1. The average Bonchev–Trinajstić information content (AvgIpc) is 2.96. The molecule has 0 amide bonds. The molecule has 0 saturated heterocycles. The summed E-state index contributed by atoms with van der Waals surface area (Å²) in [4.78, 5) is 23.0. The van der Waals surface area contributed by atoms with Crippen LogP contribution in [0, 0.1) is 28.6 Å². The maximum atomic E-state index is 11.5. The molecule has 0 aliphatic heterocycles. The molecule has 3 nitrogen and oxygen atoms in total. The fourth-order valence-corrected chi connectivity index (χ4v) is 3.54. The summed E-state index contributed by atoms with van der Waals surface area (Å²) in [6.45, 7) is 1.90. The lowest BCUT2D eigenvalue weighted by Crippen LogP contribution is -2.33. The summed E-state index contributed by atoms with van der Waals surface area (Å²) in [7, 11) is 0. The van der Waals surface area contributed by atoms with Crippen LogP contribution in [0.25, 0.3) is 0 Å². The van der Waals surface area contributed by atoms with E-state index in [2.05, 4.69) is 6.07 Å². The Hall–Kier alpha value is -1.43. The van der Waals surface area contributed by atoms with Gasteiger partial charge in [0.2, 0.25) is 0 Å². The number of allylic oxidation sites excluding steroid dienone is 2. The second-order valence-electron chi connectivity index (χ2n) is 5.50. The average molecular weight is 245 g/mol. The van der Waals surface area contributed by atoms with Gasteiger partial charge in [-0.15, -0.1) is 0 Å². The summed E-state index contributed by atoms with van der Waals surface area (Å²) >= 11 is 0. The monoisotopic (exact) mass is 245 g/mol. The zero-order valence-electron chi connectivity index (χ0n) is 10.8. The SMILES string of the molecule is C/C=C/C(C#N)(C1CCC(=O)C1)C1CCC(=O)C1. The molecule has 0 aromatic heterocycles. The molecule has 18 heavy (non-hydrogen) atoms. The van der Waals surface area contributed by atoms with E-state index in [9.17, 15) is 14.9 Å². The first-order chi connectivity index (χ1) is 8.62. The van der Waals surface area contributed by atoms with Crippen LogP contribution in [0.1, 0.15) is 45.4 Å². The molecule has 2 aliphatic rings. The van der Waals surface area contributed by atoms with Gasteiger partial charge in [0.15, 0.2) is 0 Å². The minimum Gasteiger partial charge on any atom is -0.300 e. The van der Waals surface area contributed by atoms with E-state index in [1.165, 1.54) is 0 Å². The summed E-state index contributed by atoms with van der Waals surface area (Å²) in [6, 6.07) is 2.45. The standard InChI is InChI=1S/C15H19NO2/c1-2-7-15(10-16,11-3-5-13(17)8-11)12-4-6-14(18)9-12/h2,7,11-12H,3-6,8-9H2,1H3/b7-2+. The minimum atomic E-state index is -0.604. The number of nitriles is 1. The molecule has 0 aromatic rings. The van der Waals surface area contributed by atoms with Crippen molar-refractivity contribution < 1.29 is 9.59 Å². The van der Waals surface area contributed by atoms with E-state index in [4.69, 9.17) is 0 Å². The van der Waals surface area contributed by atoms with Gasteiger partial charge in [-0.2, -0.15) is 5.26 Å². The molecule has 2 atom stereocenters. The predicted molar refractivity (Wildman–Crippen MR) is 67.6 cm³/mol. The summed E-state index contributed by atoms with van der Waals surface area (Å²) in [5.74, 6) is 0.714. The number of nitrogens with zero attached hydrogens (tertiary/aromatic N) is 1. The van der Waals surface area contributed by atoms with Gasteiger partial charge in [0, 0.05) is 25.7 Å². The third-order valence-electron chi connectivity index (χ3n) is 4.48. The lowest BCUT2D eigenvalue weighted by Gasteiger charge is -2.34. The van der Waals surface area contributed by atoms with Crippen LogP contribution in [-0.2, 0) is 9.59 Å². The summed E-state index contributed by atoms with van der Waals surface area (Å²) in [6.07, 6.45) is 7.61. The van der Waals surface area contributed by atoms with Crippen molar-refractivity contribution in [1.29, 1.82) is 5.26 Å². The van der Waals surface area contributed by atoms with E-state index in [-0.39, 0.29) is 23.4 Å². The molecule has 0 heterocycles. The molecule has 2 fully saturated rings. The topological polar surface area (TPSA) is 57.9 Å². The van der Waals surface area contributed by atoms with Gasteiger partial charge in [0.1, 0.15) is 11.6 Å². The molecule has 0 N–H and O–H groups in total. The Labute approximate surface area is 108 Å². The molecule has 0 aromatic carbocycles. The van der Waals surface area contributed by atoms with Crippen molar-refractivity contribution in [2.24, 2.45) is 17.3 Å². The molecule has 0 bridgehead atoms. The highest BCUT2D eigenvalue weighted by Gasteiger charge is 2.48. The number of carbonyl (C=O) groups excluding carboxylic acids is 2. The maximum absolute atomic E-state index is 11.5. The fraction of sp³-hybridized carbons (Fsp3) is 0.667. The quantitative estimate of drug-likeness (QED) is 0.718. The lowest BCUT2D eigenvalue weighted by atomic mass is 9.65. The Morgan fingerprint density at radius 2 is 1.67 bits per heavy atom. The second kappa shape index (κ2) is 5.06. The van der Waals surface area contributed by atoms with Crippen LogP contribution in [-0.4, -0.2) is 11.6 Å². The van der Waals surface area contributed by atoms with E-state index < -0.39 is 5.41 Å². The summed E-state index contributed by atoms with van der Waals surface area (Å²) < 4.78 is 0. The predicted octanol–water partition coefficient (Wildman–Crippen LogP) is 2.81. The van der Waals surface area contributed by atoms with Gasteiger partial charge in [0.25, 0.3) is 0 Å². The Morgan fingerprint density at radius 3 is 1.94 bits per heavy atom. The third kappa shape index (κ3) is 2.12. The van der Waals surface area contributed by atoms with Crippen LogP contribution in [0.4, 0.5) is 0 Å². The molecular formula is C15H19NO2. The fourth-order valence-electron chi connectivity index (χ4n) is 3.54. The molecule has 0 spiro atoms. The molecule has 96 valence electrons. The van der Waals surface area contributed by atoms with E-state index in [1.807, 2.05) is 19.1 Å². The zero-order chi connectivity index (χ0) is 13.2. The molecule has 2 unspecified atom stereocenters. The van der Waals surface area contributed by atoms with E-state index >= 15 is 0 Å². The van der Waals surface area contributed by atoms with Gasteiger partial charge < -0.3 is 0 Å². The van der Waals surface area contributed by atoms with Crippen LogP contribution in [0.3, 0.4) is 0 Å². The van der Waals surface area contributed by atoms with Gasteiger partial charge in [-0.05, 0) is 31.6 Å². The van der Waals surface area contributed by atoms with Gasteiger partial charge in [-0.1, -0.05) is 12.2 Å². The Morgan fingerprint density at radius 1 is 1.17 bits per heavy atom. The number of rotatable bonds is 3. The van der Waals surface area contributed by atoms with E-state index in [1.54, 1.807) is 0 Å². The molecule has 2 aliphatic carbocycles. The molecule has 2 rings (SSSR count). The Balaban J connectivity index is 2.31. The van der Waals surface area contributed by atoms with Gasteiger partial charge >= 0.3 is 0 Å². The number of hydrogen-bond donors (Lipinski definition) is 0. The van der Waals surface area contributed by atoms with Gasteiger partial charge in [-0.25, -0.2) is 0 Å². The van der Waals surface area contributed by atoms with Gasteiger partial charge in [-0.3, -0.25) is 9.59 Å². The molecular weight excluding hydrogens is 226 g/mol. The lowest BCUT2D eigenvalue weighted by molar-refractivity contribution is -0.118. The van der Waals surface area contributed by atoms with Crippen LogP contribution in [0.2, 0.25) is 0 Å². The second-order valence-corrected chi connectivity index (χ2v) is 5.50. The van der Waals surface area contributed by atoms with Crippen molar-refractivity contribution >= 4 is 11.6 Å². The Bertz CT molecular complexity index is 404. The van der Waals surface area contributed by atoms with Crippen molar-refractivity contribution in [3.05, 3.63) is 12.2 Å². The number of ketones is 2.